The third-order valence-electron chi connectivity index (χ3n) is 5.02. The van der Waals surface area contributed by atoms with Gasteiger partial charge in [0.25, 0.3) is 0 Å². The zero-order valence-electron chi connectivity index (χ0n) is 13.9. The van der Waals surface area contributed by atoms with Crippen molar-refractivity contribution in [3.63, 3.8) is 0 Å². The Labute approximate surface area is 130 Å². The third kappa shape index (κ3) is 5.08. The zero-order chi connectivity index (χ0) is 15.1. The van der Waals surface area contributed by atoms with Gasteiger partial charge in [-0.25, -0.2) is 0 Å². The van der Waals surface area contributed by atoms with Crippen LogP contribution >= 0.6 is 0 Å². The van der Waals surface area contributed by atoms with E-state index in [9.17, 15) is 0 Å². The predicted molar refractivity (Wildman–Crippen MR) is 89.4 cm³/mol. The van der Waals surface area contributed by atoms with Crippen LogP contribution < -0.4 is 5.32 Å². The summed E-state index contributed by atoms with van der Waals surface area (Å²) in [5, 5.41) is 3.44. The monoisotopic (exact) mass is 289 g/mol. The largest absolute Gasteiger partial charge is 0.319 e. The summed E-state index contributed by atoms with van der Waals surface area (Å²) in [6.45, 7) is 5.90. The Bertz CT molecular complexity index is 396. The van der Waals surface area contributed by atoms with Crippen molar-refractivity contribution in [3.8, 4) is 0 Å². The maximum Gasteiger partial charge on any atom is 0.0270 e. The van der Waals surface area contributed by atoms with Crippen LogP contribution in [-0.2, 0) is 6.42 Å². The van der Waals surface area contributed by atoms with Gasteiger partial charge in [-0.1, -0.05) is 19.8 Å². The second-order valence-electron chi connectivity index (χ2n) is 7.06. The molecule has 1 N–H and O–H groups in total. The molecule has 0 saturated heterocycles. The quantitative estimate of drug-likeness (QED) is 0.836. The minimum Gasteiger partial charge on any atom is -0.319 e. The molecule has 118 valence electrons. The van der Waals surface area contributed by atoms with Crippen LogP contribution in [0.15, 0.2) is 24.5 Å². The average Bonchev–Trinajstić information content (AvgIpc) is 2.50. The van der Waals surface area contributed by atoms with E-state index in [0.717, 1.165) is 25.4 Å². The molecule has 0 spiro atoms. The summed E-state index contributed by atoms with van der Waals surface area (Å²) in [5.74, 6) is 0.914. The van der Waals surface area contributed by atoms with Gasteiger partial charge >= 0.3 is 0 Å². The van der Waals surface area contributed by atoms with E-state index in [4.69, 9.17) is 0 Å². The van der Waals surface area contributed by atoms with Gasteiger partial charge in [-0.2, -0.15) is 0 Å². The van der Waals surface area contributed by atoms with Gasteiger partial charge in [0.2, 0.25) is 0 Å². The lowest BCUT2D eigenvalue weighted by Crippen LogP contribution is -2.44. The number of nitrogens with one attached hydrogen (secondary N) is 1. The predicted octanol–water partition coefficient (Wildman–Crippen LogP) is 2.97. The second kappa shape index (κ2) is 7.90. The van der Waals surface area contributed by atoms with Gasteiger partial charge < -0.3 is 10.2 Å². The lowest BCUT2D eigenvalue weighted by molar-refractivity contribution is 0.102. The van der Waals surface area contributed by atoms with Gasteiger partial charge in [0.1, 0.15) is 0 Å². The minimum atomic E-state index is 0.480. The normalized spacial score (nSPS) is 26.2. The molecule has 1 fully saturated rings. The van der Waals surface area contributed by atoms with Crippen LogP contribution in [-0.4, -0.2) is 43.6 Å². The fourth-order valence-electron chi connectivity index (χ4n) is 3.66. The number of hydrogen-bond acceptors (Lipinski definition) is 3. The van der Waals surface area contributed by atoms with Gasteiger partial charge in [0, 0.05) is 32.0 Å². The van der Waals surface area contributed by atoms with Gasteiger partial charge in [-0.3, -0.25) is 4.98 Å². The molecule has 3 heteroatoms. The molecule has 1 aliphatic carbocycles. The number of aromatic nitrogens is 1. The highest BCUT2D eigenvalue weighted by atomic mass is 15.1. The third-order valence-corrected chi connectivity index (χ3v) is 5.02. The zero-order valence-corrected chi connectivity index (χ0v) is 13.9. The Hall–Kier alpha value is -0.930. The van der Waals surface area contributed by atoms with Crippen LogP contribution in [0, 0.1) is 11.3 Å². The maximum atomic E-state index is 4.09. The van der Waals surface area contributed by atoms with Crippen molar-refractivity contribution in [3.05, 3.63) is 30.1 Å². The van der Waals surface area contributed by atoms with E-state index in [1.807, 2.05) is 12.4 Å². The number of hydrogen-bond donors (Lipinski definition) is 1. The summed E-state index contributed by atoms with van der Waals surface area (Å²) in [6.07, 6.45) is 10.4. The van der Waals surface area contributed by atoms with Crippen molar-refractivity contribution < 1.29 is 0 Å². The molecule has 0 unspecified atom stereocenters. The first kappa shape index (κ1) is 16.4. The number of likely N-dealkylation sites (N-methyl/N-ethyl adjacent to an activating group) is 1. The molecule has 1 aliphatic rings. The standard InChI is InChI=1S/C18H31N3/c1-16-4-9-18(10-5-16,14-19-2)15-21(3)13-8-17-6-11-20-12-7-17/h6-7,11-12,16,19H,4-5,8-10,13-15H2,1-3H3. The molecule has 0 bridgehead atoms. The van der Waals surface area contributed by atoms with Crippen molar-refractivity contribution >= 4 is 0 Å². The summed E-state index contributed by atoms with van der Waals surface area (Å²) >= 11 is 0. The first-order valence-corrected chi connectivity index (χ1v) is 8.36. The molecule has 0 amide bonds. The molecule has 3 nitrogen and oxygen atoms in total. The first-order valence-electron chi connectivity index (χ1n) is 8.36. The molecular formula is C18H31N3. The smallest absolute Gasteiger partial charge is 0.0270 e. The summed E-state index contributed by atoms with van der Waals surface area (Å²) in [5.41, 5.74) is 1.87. The maximum absolute atomic E-state index is 4.09. The van der Waals surface area contributed by atoms with E-state index in [2.05, 4.69) is 48.4 Å². The van der Waals surface area contributed by atoms with E-state index in [0.29, 0.717) is 5.41 Å². The summed E-state index contributed by atoms with van der Waals surface area (Å²) < 4.78 is 0. The Morgan fingerprint density at radius 3 is 2.57 bits per heavy atom. The molecule has 1 saturated carbocycles. The molecule has 0 aliphatic heterocycles. The summed E-state index contributed by atoms with van der Waals surface area (Å²) in [7, 11) is 4.37. The highest BCUT2D eigenvalue weighted by molar-refractivity contribution is 5.09. The summed E-state index contributed by atoms with van der Waals surface area (Å²) in [6, 6.07) is 4.25. The van der Waals surface area contributed by atoms with E-state index in [1.165, 1.54) is 37.8 Å². The number of rotatable bonds is 7. The Balaban J connectivity index is 1.85. The topological polar surface area (TPSA) is 28.2 Å². The molecule has 0 aromatic carbocycles. The first-order chi connectivity index (χ1) is 10.1. The fraction of sp³-hybridized carbons (Fsp3) is 0.722. The van der Waals surface area contributed by atoms with Crippen molar-refractivity contribution in [1.82, 2.24) is 15.2 Å². The molecule has 0 radical (unpaired) electrons. The Morgan fingerprint density at radius 2 is 1.95 bits per heavy atom. The van der Waals surface area contributed by atoms with E-state index in [1.54, 1.807) is 0 Å². The van der Waals surface area contributed by atoms with Crippen molar-refractivity contribution in [1.29, 1.82) is 0 Å². The van der Waals surface area contributed by atoms with Crippen molar-refractivity contribution in [2.45, 2.75) is 39.0 Å². The molecule has 21 heavy (non-hydrogen) atoms. The van der Waals surface area contributed by atoms with Crippen LogP contribution in [0.4, 0.5) is 0 Å². The lowest BCUT2D eigenvalue weighted by Gasteiger charge is -2.42. The molecule has 1 aromatic rings. The van der Waals surface area contributed by atoms with Gasteiger partial charge in [0.05, 0.1) is 0 Å². The Morgan fingerprint density at radius 1 is 1.29 bits per heavy atom. The summed E-state index contributed by atoms with van der Waals surface area (Å²) in [4.78, 5) is 6.61. The SMILES string of the molecule is CNCC1(CN(C)CCc2ccncc2)CCC(C)CC1. The van der Waals surface area contributed by atoms with Crippen LogP contribution in [0.25, 0.3) is 0 Å². The van der Waals surface area contributed by atoms with Crippen molar-refractivity contribution in [2.24, 2.45) is 11.3 Å². The van der Waals surface area contributed by atoms with Crippen LogP contribution in [0.3, 0.4) is 0 Å². The van der Waals surface area contributed by atoms with Crippen LogP contribution in [0.2, 0.25) is 0 Å². The molecule has 1 heterocycles. The van der Waals surface area contributed by atoms with Gasteiger partial charge in [-0.05, 0) is 62.4 Å². The second-order valence-corrected chi connectivity index (χ2v) is 7.06. The van der Waals surface area contributed by atoms with Crippen LogP contribution in [0.1, 0.15) is 38.2 Å². The van der Waals surface area contributed by atoms with E-state index < -0.39 is 0 Å². The van der Waals surface area contributed by atoms with Gasteiger partial charge in [0.15, 0.2) is 0 Å². The molecule has 0 atom stereocenters. The Kier molecular flexibility index (Phi) is 6.19. The van der Waals surface area contributed by atoms with E-state index in [-0.39, 0.29) is 0 Å². The lowest BCUT2D eigenvalue weighted by atomic mass is 9.70. The minimum absolute atomic E-state index is 0.480. The van der Waals surface area contributed by atoms with Crippen LogP contribution in [0.5, 0.6) is 0 Å². The average molecular weight is 289 g/mol. The fourth-order valence-corrected chi connectivity index (χ4v) is 3.66. The van der Waals surface area contributed by atoms with E-state index >= 15 is 0 Å². The number of nitrogens with zero attached hydrogens (tertiary/aromatic N) is 2. The van der Waals surface area contributed by atoms with Gasteiger partial charge in [-0.15, -0.1) is 0 Å². The highest BCUT2D eigenvalue weighted by Crippen LogP contribution is 2.38. The molecule has 2 rings (SSSR count). The van der Waals surface area contributed by atoms with Crippen molar-refractivity contribution in [2.75, 3.05) is 33.7 Å². The highest BCUT2D eigenvalue weighted by Gasteiger charge is 2.34. The number of pyridine rings is 1. The molecule has 1 aromatic heterocycles. The molecular weight excluding hydrogens is 258 g/mol.